The Balaban J connectivity index is 2.20. The van der Waals surface area contributed by atoms with E-state index < -0.39 is 42.8 Å². The molecule has 14 heteroatoms. The predicted molar refractivity (Wildman–Crippen MR) is 110 cm³/mol. The van der Waals surface area contributed by atoms with Gasteiger partial charge in [0.1, 0.15) is 18.2 Å². The third kappa shape index (κ3) is 7.32. The molecule has 2 rings (SSSR count). The van der Waals surface area contributed by atoms with Gasteiger partial charge in [0.25, 0.3) is 6.43 Å². The first-order chi connectivity index (χ1) is 15.3. The van der Waals surface area contributed by atoms with Crippen molar-refractivity contribution in [1.82, 2.24) is 21.2 Å². The Labute approximate surface area is 194 Å². The molecule has 3 N–H and O–H groups in total. The van der Waals surface area contributed by atoms with Gasteiger partial charge in [0.15, 0.2) is 0 Å². The number of alkyl halides is 4. The van der Waals surface area contributed by atoms with Crippen LogP contribution in [0.2, 0.25) is 10.0 Å². The molecule has 0 bridgehead atoms. The van der Waals surface area contributed by atoms with Crippen molar-refractivity contribution < 1.29 is 36.3 Å². The molecule has 180 valence electrons. The molecule has 0 spiro atoms. The van der Waals surface area contributed by atoms with E-state index in [1.54, 1.807) is 5.43 Å². The zero-order valence-corrected chi connectivity index (χ0v) is 18.5. The first-order valence-corrected chi connectivity index (χ1v) is 9.85. The van der Waals surface area contributed by atoms with E-state index in [0.29, 0.717) is 6.92 Å². The summed E-state index contributed by atoms with van der Waals surface area (Å²) in [7, 11) is 0. The molecule has 3 amide bonds. The van der Waals surface area contributed by atoms with Gasteiger partial charge in [0.2, 0.25) is 0 Å². The number of carbonyl (C=O) groups is 2. The van der Waals surface area contributed by atoms with Crippen molar-refractivity contribution in [3.63, 3.8) is 0 Å². The number of benzene rings is 1. The molecule has 0 saturated heterocycles. The molecule has 0 aliphatic carbocycles. The number of rotatable bonds is 7. The number of carbonyl (C=O) groups excluding carboxylic acids is 2. The second-order valence-electron chi connectivity index (χ2n) is 6.72. The molecule has 0 aliphatic heterocycles. The Hall–Kier alpha value is -2.86. The van der Waals surface area contributed by atoms with Crippen molar-refractivity contribution in [2.24, 2.45) is 0 Å². The fourth-order valence-electron chi connectivity index (χ4n) is 2.51. The quantitative estimate of drug-likeness (QED) is 0.362. The molecule has 2 aromatic rings. The second kappa shape index (κ2) is 10.8. The van der Waals surface area contributed by atoms with E-state index in [0.717, 1.165) is 6.07 Å². The molecular formula is C19H17Cl2F5N4O3. The third-order valence-corrected chi connectivity index (χ3v) is 4.49. The summed E-state index contributed by atoms with van der Waals surface area (Å²) in [4.78, 5) is 26.8. The molecule has 0 aliphatic rings. The SMILES string of the molecule is C[C@@H](NC(=O)NNC(=O)C(C)(F)F)c1ncc(-c2cc(Cl)cc(Cl)c2OCC(F)F)cc1F. The smallest absolute Gasteiger partial charge is 0.334 e. The van der Waals surface area contributed by atoms with Crippen LogP contribution in [0.15, 0.2) is 24.4 Å². The molecule has 1 aromatic heterocycles. The van der Waals surface area contributed by atoms with Crippen molar-refractivity contribution in [3.8, 4) is 16.9 Å². The summed E-state index contributed by atoms with van der Waals surface area (Å²) in [5.41, 5.74) is 3.16. The minimum absolute atomic E-state index is 0.0750. The summed E-state index contributed by atoms with van der Waals surface area (Å²) in [6, 6.07) is 1.43. The highest BCUT2D eigenvalue weighted by Crippen LogP contribution is 2.39. The van der Waals surface area contributed by atoms with Crippen LogP contribution in [0.25, 0.3) is 11.1 Å². The zero-order chi connectivity index (χ0) is 24.9. The summed E-state index contributed by atoms with van der Waals surface area (Å²) in [6.07, 6.45) is -1.61. The van der Waals surface area contributed by atoms with E-state index in [1.807, 2.05) is 0 Å². The molecule has 1 heterocycles. The van der Waals surface area contributed by atoms with Crippen LogP contribution < -0.4 is 20.9 Å². The monoisotopic (exact) mass is 514 g/mol. The molecule has 0 unspecified atom stereocenters. The minimum atomic E-state index is -3.72. The van der Waals surface area contributed by atoms with Crippen molar-refractivity contribution in [3.05, 3.63) is 46.0 Å². The van der Waals surface area contributed by atoms with Gasteiger partial charge in [-0.3, -0.25) is 15.2 Å². The maximum Gasteiger partial charge on any atom is 0.334 e. The van der Waals surface area contributed by atoms with Crippen molar-refractivity contribution >= 4 is 35.1 Å². The van der Waals surface area contributed by atoms with Crippen molar-refractivity contribution in [2.45, 2.75) is 32.2 Å². The van der Waals surface area contributed by atoms with Gasteiger partial charge in [-0.15, -0.1) is 0 Å². The molecule has 1 aromatic carbocycles. The highest BCUT2D eigenvalue weighted by molar-refractivity contribution is 6.36. The number of urea groups is 1. The molecule has 1 atom stereocenters. The van der Waals surface area contributed by atoms with Crippen LogP contribution in [0, 0.1) is 5.82 Å². The maximum atomic E-state index is 14.7. The van der Waals surface area contributed by atoms with Gasteiger partial charge in [0, 0.05) is 29.3 Å². The Bertz CT molecular complexity index is 1040. The highest BCUT2D eigenvalue weighted by atomic mass is 35.5. The largest absolute Gasteiger partial charge is 0.485 e. The fourth-order valence-corrected chi connectivity index (χ4v) is 3.05. The average Bonchev–Trinajstić information content (AvgIpc) is 2.69. The number of hydrogen-bond acceptors (Lipinski definition) is 4. The Morgan fingerprint density at radius 2 is 1.85 bits per heavy atom. The van der Waals surface area contributed by atoms with Gasteiger partial charge >= 0.3 is 17.9 Å². The van der Waals surface area contributed by atoms with Gasteiger partial charge in [-0.1, -0.05) is 23.2 Å². The predicted octanol–water partition coefficient (Wildman–Crippen LogP) is 4.89. The van der Waals surface area contributed by atoms with E-state index in [9.17, 15) is 31.5 Å². The zero-order valence-electron chi connectivity index (χ0n) is 17.0. The number of pyridine rings is 1. The molecular weight excluding hydrogens is 498 g/mol. The maximum absolute atomic E-state index is 14.7. The molecule has 33 heavy (non-hydrogen) atoms. The van der Waals surface area contributed by atoms with Gasteiger partial charge in [0.05, 0.1) is 16.8 Å². The Kier molecular flexibility index (Phi) is 8.67. The van der Waals surface area contributed by atoms with Crippen LogP contribution in [0.5, 0.6) is 5.75 Å². The van der Waals surface area contributed by atoms with Crippen LogP contribution in [0.4, 0.5) is 26.7 Å². The summed E-state index contributed by atoms with van der Waals surface area (Å²) in [6.45, 7) is 0.718. The summed E-state index contributed by atoms with van der Waals surface area (Å²) in [5, 5.41) is 2.26. The van der Waals surface area contributed by atoms with Crippen molar-refractivity contribution in [2.75, 3.05) is 6.61 Å². The average molecular weight is 515 g/mol. The normalized spacial score (nSPS) is 12.3. The van der Waals surface area contributed by atoms with E-state index in [2.05, 4.69) is 10.3 Å². The van der Waals surface area contributed by atoms with Gasteiger partial charge in [-0.05, 0) is 25.1 Å². The standard InChI is InChI=1S/C19H17Cl2F5N4O3/c1-8(28-18(32)30-29-17(31)19(2,25)26)15-13(22)3-9(6-27-15)11-4-10(20)5-12(21)16(11)33-7-14(23)24/h3-6,8,14H,7H2,1-2H3,(H,29,31)(H2,28,30,32)/t8-/m1/s1. The lowest BCUT2D eigenvalue weighted by Gasteiger charge is -2.17. The van der Waals surface area contributed by atoms with Crippen LogP contribution in [-0.4, -0.2) is 35.9 Å². The number of nitrogens with zero attached hydrogens (tertiary/aromatic N) is 1. The summed E-state index contributed by atoms with van der Waals surface area (Å²) in [5.74, 6) is -6.52. The topological polar surface area (TPSA) is 92.4 Å². The lowest BCUT2D eigenvalue weighted by Crippen LogP contribution is -2.51. The van der Waals surface area contributed by atoms with E-state index in [-0.39, 0.29) is 32.6 Å². The van der Waals surface area contributed by atoms with E-state index in [1.165, 1.54) is 30.7 Å². The number of amides is 3. The summed E-state index contributed by atoms with van der Waals surface area (Å²) >= 11 is 12.0. The Morgan fingerprint density at radius 1 is 1.18 bits per heavy atom. The molecule has 0 saturated carbocycles. The number of ether oxygens (including phenoxy) is 1. The first-order valence-electron chi connectivity index (χ1n) is 9.10. The number of aromatic nitrogens is 1. The van der Waals surface area contributed by atoms with Gasteiger partial charge < -0.3 is 10.1 Å². The highest BCUT2D eigenvalue weighted by Gasteiger charge is 2.32. The van der Waals surface area contributed by atoms with Crippen molar-refractivity contribution in [1.29, 1.82) is 0 Å². The summed E-state index contributed by atoms with van der Waals surface area (Å²) < 4.78 is 70.5. The minimum Gasteiger partial charge on any atom is -0.485 e. The van der Waals surface area contributed by atoms with E-state index >= 15 is 0 Å². The third-order valence-electron chi connectivity index (χ3n) is 3.99. The Morgan fingerprint density at radius 3 is 2.42 bits per heavy atom. The van der Waals surface area contributed by atoms with Crippen LogP contribution >= 0.6 is 23.2 Å². The lowest BCUT2D eigenvalue weighted by atomic mass is 10.0. The van der Waals surface area contributed by atoms with Gasteiger partial charge in [-0.2, -0.15) is 8.78 Å². The number of hydrazine groups is 1. The number of nitrogens with one attached hydrogen (secondary N) is 3. The fraction of sp³-hybridized carbons (Fsp3) is 0.316. The molecule has 0 radical (unpaired) electrons. The second-order valence-corrected chi connectivity index (χ2v) is 7.56. The van der Waals surface area contributed by atoms with E-state index in [4.69, 9.17) is 27.9 Å². The van der Waals surface area contributed by atoms with Crippen LogP contribution in [0.1, 0.15) is 25.6 Å². The molecule has 7 nitrogen and oxygen atoms in total. The molecule has 0 fully saturated rings. The number of hydrogen-bond donors (Lipinski definition) is 3. The van der Waals surface area contributed by atoms with Crippen LogP contribution in [0.3, 0.4) is 0 Å². The number of halogens is 7. The van der Waals surface area contributed by atoms with Gasteiger partial charge in [-0.25, -0.2) is 23.4 Å². The first kappa shape index (κ1) is 26.4. The van der Waals surface area contributed by atoms with Crippen LogP contribution in [-0.2, 0) is 4.79 Å². The lowest BCUT2D eigenvalue weighted by molar-refractivity contribution is -0.143.